The van der Waals surface area contributed by atoms with Gasteiger partial charge in [0.2, 0.25) is 0 Å². The fourth-order valence-electron chi connectivity index (χ4n) is 1.66. The van der Waals surface area contributed by atoms with Gasteiger partial charge in [0.25, 0.3) is 0 Å². The molecule has 19 heavy (non-hydrogen) atoms. The molecule has 0 atom stereocenters. The molecule has 0 fully saturated rings. The first-order chi connectivity index (χ1) is 9.24. The summed E-state index contributed by atoms with van der Waals surface area (Å²) < 4.78 is 0. The Balaban J connectivity index is 2.04. The van der Waals surface area contributed by atoms with Crippen LogP contribution in [-0.2, 0) is 0 Å². The van der Waals surface area contributed by atoms with E-state index in [1.54, 1.807) is 6.20 Å². The van der Waals surface area contributed by atoms with Crippen LogP contribution >= 0.6 is 11.3 Å². The van der Waals surface area contributed by atoms with Gasteiger partial charge < -0.3 is 5.73 Å². The molecule has 1 aromatic carbocycles. The van der Waals surface area contributed by atoms with Crippen molar-refractivity contribution in [2.45, 2.75) is 0 Å². The van der Waals surface area contributed by atoms with Gasteiger partial charge >= 0.3 is 0 Å². The lowest BCUT2D eigenvalue weighted by Crippen LogP contribution is -2.12. The van der Waals surface area contributed by atoms with E-state index in [4.69, 9.17) is 5.73 Å². The van der Waals surface area contributed by atoms with Crippen LogP contribution in [0.25, 0.3) is 21.3 Å². The first kappa shape index (κ1) is 11.8. The number of rotatable bonds is 2. The lowest BCUT2D eigenvalue weighted by Gasteiger charge is -2.00. The summed E-state index contributed by atoms with van der Waals surface area (Å²) in [7, 11) is 1.87. The highest BCUT2D eigenvalue weighted by molar-refractivity contribution is 7.17. The standard InChI is InChI=1S/C12H10BN5S/c13-8-6-15-10(14)9(16-8)12-18-17-11(19-12)7-4-2-1-3-5-7/h1-6H,13H2,(H2,14,15). The molecule has 2 aromatic heterocycles. The zero-order valence-corrected chi connectivity index (χ0v) is 11.1. The van der Waals surface area contributed by atoms with Gasteiger partial charge in [-0.1, -0.05) is 41.7 Å². The van der Waals surface area contributed by atoms with Crippen LogP contribution < -0.4 is 11.3 Å². The highest BCUT2D eigenvalue weighted by Crippen LogP contribution is 2.30. The van der Waals surface area contributed by atoms with E-state index in [0.29, 0.717) is 16.5 Å². The summed E-state index contributed by atoms with van der Waals surface area (Å²) in [6.07, 6.45) is 1.64. The monoisotopic (exact) mass is 267 g/mol. The molecule has 0 aliphatic carbocycles. The minimum Gasteiger partial charge on any atom is -0.382 e. The molecule has 0 aliphatic rings. The molecule has 3 rings (SSSR count). The van der Waals surface area contributed by atoms with Gasteiger partial charge in [0.15, 0.2) is 18.7 Å². The maximum absolute atomic E-state index is 5.83. The molecule has 92 valence electrons. The Bertz CT molecular complexity index is 713. The van der Waals surface area contributed by atoms with Crippen LogP contribution in [0.2, 0.25) is 0 Å². The van der Waals surface area contributed by atoms with E-state index in [0.717, 1.165) is 16.2 Å². The van der Waals surface area contributed by atoms with Crippen LogP contribution in [0.5, 0.6) is 0 Å². The van der Waals surface area contributed by atoms with E-state index < -0.39 is 0 Å². The number of nitrogens with zero attached hydrogens (tertiary/aromatic N) is 4. The molecule has 0 bridgehead atoms. The molecule has 3 aromatic rings. The predicted molar refractivity (Wildman–Crippen MR) is 79.0 cm³/mol. The van der Waals surface area contributed by atoms with Crippen LogP contribution in [0, 0.1) is 0 Å². The average molecular weight is 267 g/mol. The third kappa shape index (κ3) is 2.32. The van der Waals surface area contributed by atoms with Crippen molar-refractivity contribution < 1.29 is 0 Å². The highest BCUT2D eigenvalue weighted by atomic mass is 32.1. The number of hydrogen-bond donors (Lipinski definition) is 1. The summed E-state index contributed by atoms with van der Waals surface area (Å²) >= 11 is 1.46. The first-order valence-corrected chi connectivity index (χ1v) is 6.54. The Kier molecular flexibility index (Phi) is 2.96. The van der Waals surface area contributed by atoms with E-state index in [1.807, 2.05) is 38.2 Å². The fourth-order valence-corrected chi connectivity index (χ4v) is 2.51. The van der Waals surface area contributed by atoms with Gasteiger partial charge in [-0.2, -0.15) is 0 Å². The molecule has 7 heteroatoms. The second-order valence-corrected chi connectivity index (χ2v) is 5.00. The zero-order valence-electron chi connectivity index (χ0n) is 10.2. The van der Waals surface area contributed by atoms with E-state index in [9.17, 15) is 0 Å². The fraction of sp³-hybridized carbons (Fsp3) is 0. The van der Waals surface area contributed by atoms with Gasteiger partial charge in [0.05, 0.1) is 0 Å². The molecule has 2 heterocycles. The Morgan fingerprint density at radius 2 is 1.79 bits per heavy atom. The quantitative estimate of drug-likeness (QED) is 0.684. The summed E-state index contributed by atoms with van der Waals surface area (Å²) in [5, 5.41) is 9.86. The predicted octanol–water partition coefficient (Wildman–Crippen LogP) is 0.503. The second kappa shape index (κ2) is 4.77. The Labute approximate surface area is 115 Å². The normalized spacial score (nSPS) is 10.5. The van der Waals surface area contributed by atoms with Crippen LogP contribution in [0.1, 0.15) is 0 Å². The Hall–Kier alpha value is -2.28. The van der Waals surface area contributed by atoms with E-state index in [1.165, 1.54) is 11.3 Å². The molecule has 0 aliphatic heterocycles. The molecular formula is C12H10BN5S. The number of nitrogens with two attached hydrogens (primary N) is 1. The molecule has 0 spiro atoms. The van der Waals surface area contributed by atoms with E-state index in [-0.39, 0.29) is 0 Å². The van der Waals surface area contributed by atoms with Crippen molar-refractivity contribution in [2.24, 2.45) is 0 Å². The minimum absolute atomic E-state index is 0.376. The molecule has 0 radical (unpaired) electrons. The molecular weight excluding hydrogens is 257 g/mol. The van der Waals surface area contributed by atoms with E-state index in [2.05, 4.69) is 20.2 Å². The van der Waals surface area contributed by atoms with Gasteiger partial charge in [-0.05, 0) is 0 Å². The lowest BCUT2D eigenvalue weighted by atomic mass is 10.1. The Morgan fingerprint density at radius 3 is 2.58 bits per heavy atom. The maximum atomic E-state index is 5.83. The number of anilines is 1. The third-order valence-electron chi connectivity index (χ3n) is 2.57. The summed E-state index contributed by atoms with van der Waals surface area (Å²) in [4.78, 5) is 8.46. The van der Waals surface area contributed by atoms with Crippen molar-refractivity contribution in [1.82, 2.24) is 20.2 Å². The van der Waals surface area contributed by atoms with Crippen LogP contribution in [0.4, 0.5) is 5.82 Å². The van der Waals surface area contributed by atoms with Crippen LogP contribution in [-0.4, -0.2) is 28.0 Å². The van der Waals surface area contributed by atoms with Crippen molar-refractivity contribution in [3.8, 4) is 21.3 Å². The van der Waals surface area contributed by atoms with Gasteiger partial charge in [-0.3, -0.25) is 4.98 Å². The van der Waals surface area contributed by atoms with Gasteiger partial charge in [-0.15, -0.1) is 10.2 Å². The van der Waals surface area contributed by atoms with Gasteiger partial charge in [-0.25, -0.2) is 4.98 Å². The van der Waals surface area contributed by atoms with Crippen molar-refractivity contribution in [1.29, 1.82) is 0 Å². The second-order valence-electron chi connectivity index (χ2n) is 4.02. The largest absolute Gasteiger partial charge is 0.382 e. The summed E-state index contributed by atoms with van der Waals surface area (Å²) in [5.41, 5.74) is 8.27. The van der Waals surface area contributed by atoms with Crippen LogP contribution in [0.15, 0.2) is 36.5 Å². The first-order valence-electron chi connectivity index (χ1n) is 5.72. The molecule has 5 nitrogen and oxygen atoms in total. The smallest absolute Gasteiger partial charge is 0.170 e. The number of hydrogen-bond acceptors (Lipinski definition) is 6. The zero-order chi connectivity index (χ0) is 13.2. The molecule has 0 saturated carbocycles. The van der Waals surface area contributed by atoms with Crippen molar-refractivity contribution in [3.05, 3.63) is 36.5 Å². The summed E-state index contributed by atoms with van der Waals surface area (Å²) in [5.74, 6) is 0.376. The van der Waals surface area contributed by atoms with Crippen molar-refractivity contribution in [2.75, 3.05) is 5.73 Å². The summed E-state index contributed by atoms with van der Waals surface area (Å²) in [6, 6.07) is 9.90. The van der Waals surface area contributed by atoms with Gasteiger partial charge in [0, 0.05) is 17.4 Å². The van der Waals surface area contributed by atoms with E-state index >= 15 is 0 Å². The lowest BCUT2D eigenvalue weighted by molar-refractivity contribution is 1.09. The molecule has 0 saturated heterocycles. The molecule has 0 unspecified atom stereocenters. The molecule has 0 amide bonds. The topological polar surface area (TPSA) is 77.6 Å². The number of benzene rings is 1. The van der Waals surface area contributed by atoms with Gasteiger partial charge in [0.1, 0.15) is 10.7 Å². The van der Waals surface area contributed by atoms with Crippen molar-refractivity contribution in [3.63, 3.8) is 0 Å². The maximum Gasteiger partial charge on any atom is 0.170 e. The summed E-state index contributed by atoms with van der Waals surface area (Å²) in [6.45, 7) is 0. The molecule has 2 N–H and O–H groups in total. The van der Waals surface area contributed by atoms with Crippen LogP contribution in [0.3, 0.4) is 0 Å². The highest BCUT2D eigenvalue weighted by Gasteiger charge is 2.13. The third-order valence-corrected chi connectivity index (χ3v) is 3.55. The minimum atomic E-state index is 0.376. The number of aromatic nitrogens is 4. The number of nitrogen functional groups attached to an aromatic ring is 1. The Morgan fingerprint density at radius 1 is 1.05 bits per heavy atom. The average Bonchev–Trinajstić information content (AvgIpc) is 2.92. The SMILES string of the molecule is Bc1cnc(N)c(-c2nnc(-c3ccccc3)s2)n1. The van der Waals surface area contributed by atoms with Crippen molar-refractivity contribution >= 4 is 30.6 Å².